The first-order valence-electron chi connectivity index (χ1n) is 6.67. The van der Waals surface area contributed by atoms with Gasteiger partial charge in [-0.15, -0.1) is 0 Å². The molecule has 0 radical (unpaired) electrons. The number of nitrogens with zero attached hydrogens (tertiary/aromatic N) is 1. The van der Waals surface area contributed by atoms with Gasteiger partial charge >= 0.3 is 5.97 Å². The highest BCUT2D eigenvalue weighted by Gasteiger charge is 2.41. The zero-order valence-corrected chi connectivity index (χ0v) is 12.9. The largest absolute Gasteiger partial charge is 0.507 e. The van der Waals surface area contributed by atoms with Crippen LogP contribution in [-0.2, 0) is 14.3 Å². The molecular weight excluding hydrogens is 306 g/mol. The van der Waals surface area contributed by atoms with Crippen molar-refractivity contribution in [2.45, 2.75) is 19.9 Å². The number of imide groups is 1. The summed E-state index contributed by atoms with van der Waals surface area (Å²) in [5.74, 6) is -1.19. The number of hydrogen-bond acceptors (Lipinski definition) is 6. The summed E-state index contributed by atoms with van der Waals surface area (Å²) in [6.45, 7) is 3.26. The lowest BCUT2D eigenvalue weighted by atomic mass is 10.2. The van der Waals surface area contributed by atoms with E-state index in [1.165, 1.54) is 19.1 Å². The highest BCUT2D eigenvalue weighted by molar-refractivity contribution is 8.18. The van der Waals surface area contributed by atoms with Gasteiger partial charge in [-0.1, -0.05) is 18.2 Å². The first-order valence-corrected chi connectivity index (χ1v) is 7.49. The van der Waals surface area contributed by atoms with Crippen molar-refractivity contribution in [1.82, 2.24) is 4.90 Å². The van der Waals surface area contributed by atoms with Crippen LogP contribution in [0.1, 0.15) is 19.4 Å². The first-order chi connectivity index (χ1) is 10.5. The number of ether oxygens (including phenoxy) is 1. The van der Waals surface area contributed by atoms with E-state index in [4.69, 9.17) is 4.74 Å². The van der Waals surface area contributed by atoms with E-state index in [2.05, 4.69) is 0 Å². The van der Waals surface area contributed by atoms with E-state index in [1.54, 1.807) is 25.1 Å². The van der Waals surface area contributed by atoms with Gasteiger partial charge < -0.3 is 9.84 Å². The number of carbonyl (C=O) groups excluding carboxylic acids is 3. The van der Waals surface area contributed by atoms with Crippen LogP contribution in [0.25, 0.3) is 6.08 Å². The molecule has 0 aliphatic carbocycles. The molecular formula is C15H15NO5S. The molecule has 1 saturated heterocycles. The van der Waals surface area contributed by atoms with Crippen LogP contribution in [-0.4, -0.2) is 39.8 Å². The molecule has 1 aliphatic rings. The second-order valence-electron chi connectivity index (χ2n) is 4.54. The normalized spacial score (nSPS) is 17.9. The maximum atomic E-state index is 12.3. The number of thioether (sulfide) groups is 1. The molecule has 1 heterocycles. The van der Waals surface area contributed by atoms with E-state index in [0.29, 0.717) is 5.56 Å². The number of phenolic OH excluding ortho intramolecular Hbond substituents is 1. The van der Waals surface area contributed by atoms with Crippen LogP contribution in [0.3, 0.4) is 0 Å². The number of benzene rings is 1. The maximum Gasteiger partial charge on any atom is 0.329 e. The monoisotopic (exact) mass is 321 g/mol. The lowest BCUT2D eigenvalue weighted by Gasteiger charge is -2.19. The lowest BCUT2D eigenvalue weighted by molar-refractivity contribution is -0.150. The summed E-state index contributed by atoms with van der Waals surface area (Å²) in [6.07, 6.45) is 1.43. The highest BCUT2D eigenvalue weighted by atomic mass is 32.2. The molecule has 1 aliphatic heterocycles. The first kappa shape index (κ1) is 16.1. The van der Waals surface area contributed by atoms with Gasteiger partial charge in [-0.05, 0) is 37.8 Å². The van der Waals surface area contributed by atoms with Gasteiger partial charge in [0.2, 0.25) is 0 Å². The second kappa shape index (κ2) is 6.65. The molecule has 116 valence electrons. The molecule has 0 unspecified atom stereocenters. The molecule has 1 fully saturated rings. The maximum absolute atomic E-state index is 12.3. The third-order valence-corrected chi connectivity index (χ3v) is 3.95. The van der Waals surface area contributed by atoms with Crippen molar-refractivity contribution in [2.24, 2.45) is 0 Å². The Bertz CT molecular complexity index is 655. The number of esters is 1. The van der Waals surface area contributed by atoms with Gasteiger partial charge in [0.15, 0.2) is 0 Å². The molecule has 0 saturated carbocycles. The Morgan fingerprint density at radius 2 is 2.09 bits per heavy atom. The SMILES string of the molecule is CCOC(=O)[C@H](C)N1C(=O)S/C(=C/c2ccccc2O)C1=O. The lowest BCUT2D eigenvalue weighted by Crippen LogP contribution is -2.42. The molecule has 2 rings (SSSR count). The quantitative estimate of drug-likeness (QED) is 0.677. The number of para-hydroxylation sites is 1. The number of carbonyl (C=O) groups is 3. The van der Waals surface area contributed by atoms with Crippen molar-refractivity contribution >= 4 is 35.0 Å². The smallest absolute Gasteiger partial charge is 0.329 e. The van der Waals surface area contributed by atoms with Crippen molar-refractivity contribution < 1.29 is 24.2 Å². The standard InChI is InChI=1S/C15H15NO5S/c1-3-21-14(19)9(2)16-13(18)12(22-15(16)20)8-10-6-4-5-7-11(10)17/h4-9,17H,3H2,1-2H3/b12-8+/t9-/m0/s1. The zero-order chi connectivity index (χ0) is 16.3. The third kappa shape index (κ3) is 3.14. The van der Waals surface area contributed by atoms with E-state index in [0.717, 1.165) is 16.7 Å². The van der Waals surface area contributed by atoms with Crippen molar-refractivity contribution in [3.05, 3.63) is 34.7 Å². The Labute approximate surface area is 131 Å². The van der Waals surface area contributed by atoms with Crippen LogP contribution in [0.15, 0.2) is 29.2 Å². The molecule has 0 aromatic heterocycles. The number of phenols is 1. The van der Waals surface area contributed by atoms with Crippen LogP contribution >= 0.6 is 11.8 Å². The molecule has 1 N–H and O–H groups in total. The average Bonchev–Trinajstić information content (AvgIpc) is 2.75. The van der Waals surface area contributed by atoms with Gasteiger partial charge in [-0.2, -0.15) is 0 Å². The van der Waals surface area contributed by atoms with Crippen molar-refractivity contribution in [1.29, 1.82) is 0 Å². The molecule has 0 spiro atoms. The van der Waals surface area contributed by atoms with Crippen molar-refractivity contribution in [3.8, 4) is 5.75 Å². The van der Waals surface area contributed by atoms with Gasteiger partial charge in [-0.25, -0.2) is 4.79 Å². The van der Waals surface area contributed by atoms with Gasteiger partial charge in [0.05, 0.1) is 11.5 Å². The number of aromatic hydroxyl groups is 1. The second-order valence-corrected chi connectivity index (χ2v) is 5.53. The van der Waals surface area contributed by atoms with E-state index >= 15 is 0 Å². The minimum atomic E-state index is -0.984. The van der Waals surface area contributed by atoms with Gasteiger partial charge in [0, 0.05) is 5.56 Å². The zero-order valence-electron chi connectivity index (χ0n) is 12.1. The van der Waals surface area contributed by atoms with E-state index in [9.17, 15) is 19.5 Å². The highest BCUT2D eigenvalue weighted by Crippen LogP contribution is 2.35. The number of amides is 2. The Kier molecular flexibility index (Phi) is 4.87. The number of rotatable bonds is 4. The van der Waals surface area contributed by atoms with Crippen molar-refractivity contribution in [2.75, 3.05) is 6.61 Å². The molecule has 6 nitrogen and oxygen atoms in total. The van der Waals surface area contributed by atoms with Gasteiger partial charge in [0.1, 0.15) is 11.8 Å². The Morgan fingerprint density at radius 3 is 2.73 bits per heavy atom. The van der Waals surface area contributed by atoms with Crippen LogP contribution in [0.4, 0.5) is 4.79 Å². The summed E-state index contributed by atoms with van der Waals surface area (Å²) in [5, 5.41) is 9.18. The Hall–Kier alpha value is -2.28. The fraction of sp³-hybridized carbons (Fsp3) is 0.267. The fourth-order valence-electron chi connectivity index (χ4n) is 1.93. The summed E-state index contributed by atoms with van der Waals surface area (Å²) in [7, 11) is 0. The minimum absolute atomic E-state index is 0.00717. The predicted molar refractivity (Wildman–Crippen MR) is 82.0 cm³/mol. The summed E-state index contributed by atoms with van der Waals surface area (Å²) < 4.78 is 4.83. The molecule has 7 heteroatoms. The predicted octanol–water partition coefficient (Wildman–Crippen LogP) is 2.38. The van der Waals surface area contributed by atoms with Crippen LogP contribution in [0.2, 0.25) is 0 Å². The van der Waals surface area contributed by atoms with E-state index in [-0.39, 0.29) is 17.3 Å². The summed E-state index contributed by atoms with van der Waals surface area (Å²) >= 11 is 0.729. The average molecular weight is 321 g/mol. The summed E-state index contributed by atoms with van der Waals surface area (Å²) in [5.41, 5.74) is 0.428. The van der Waals surface area contributed by atoms with Gasteiger partial charge in [-0.3, -0.25) is 14.5 Å². The Morgan fingerprint density at radius 1 is 1.41 bits per heavy atom. The number of hydrogen-bond donors (Lipinski definition) is 1. The molecule has 0 bridgehead atoms. The van der Waals surface area contributed by atoms with Crippen LogP contribution in [0.5, 0.6) is 5.75 Å². The van der Waals surface area contributed by atoms with Gasteiger partial charge in [0.25, 0.3) is 11.1 Å². The third-order valence-electron chi connectivity index (χ3n) is 3.06. The van der Waals surface area contributed by atoms with Crippen LogP contribution in [0, 0.1) is 0 Å². The molecule has 1 aromatic rings. The molecule has 2 amide bonds. The van der Waals surface area contributed by atoms with E-state index in [1.807, 2.05) is 0 Å². The summed E-state index contributed by atoms with van der Waals surface area (Å²) in [6, 6.07) is 5.48. The fourth-order valence-corrected chi connectivity index (χ4v) is 2.83. The topological polar surface area (TPSA) is 83.9 Å². The molecule has 1 atom stereocenters. The van der Waals surface area contributed by atoms with Crippen molar-refractivity contribution in [3.63, 3.8) is 0 Å². The van der Waals surface area contributed by atoms with Crippen LogP contribution < -0.4 is 0 Å². The minimum Gasteiger partial charge on any atom is -0.507 e. The molecule has 22 heavy (non-hydrogen) atoms. The molecule has 1 aromatic carbocycles. The Balaban J connectivity index is 2.26. The van der Waals surface area contributed by atoms with E-state index < -0.39 is 23.2 Å². The summed E-state index contributed by atoms with van der Waals surface area (Å²) in [4.78, 5) is 37.0.